The van der Waals surface area contributed by atoms with Crippen LogP contribution in [0.2, 0.25) is 0 Å². The predicted octanol–water partition coefficient (Wildman–Crippen LogP) is 2.50. The van der Waals surface area contributed by atoms with Crippen molar-refractivity contribution < 1.29 is 45.4 Å². The molecule has 1 unspecified atom stereocenters. The van der Waals surface area contributed by atoms with Crippen molar-refractivity contribution in [3.63, 3.8) is 0 Å². The smallest absolute Gasteiger partial charge is 0.460 e. The first-order chi connectivity index (χ1) is 7.80. The lowest BCUT2D eigenvalue weighted by Crippen LogP contribution is -2.58. The third-order valence-corrected chi connectivity index (χ3v) is 2.08. The molecule has 0 heterocycles. The summed E-state index contributed by atoms with van der Waals surface area (Å²) in [6.45, 7) is 0.887. The predicted molar refractivity (Wildman–Crippen MR) is 42.4 cm³/mol. The molecule has 0 saturated heterocycles. The largest absolute Gasteiger partial charge is 0.481 e. The molecule has 0 spiro atoms. The molecule has 0 saturated carbocycles. The van der Waals surface area contributed by atoms with Crippen LogP contribution in [0.1, 0.15) is 13.3 Å². The van der Waals surface area contributed by atoms with Crippen molar-refractivity contribution in [2.45, 2.75) is 31.4 Å². The van der Waals surface area contributed by atoms with Crippen molar-refractivity contribution in [2.24, 2.45) is 5.92 Å². The monoisotopic (exact) mass is 284 g/mol. The molecule has 10 heteroatoms. The molecule has 106 valence electrons. The molecule has 0 aromatic carbocycles. The molecule has 0 aliphatic rings. The van der Waals surface area contributed by atoms with Crippen molar-refractivity contribution >= 4 is 11.8 Å². The summed E-state index contributed by atoms with van der Waals surface area (Å²) in [5.41, 5.74) is 0. The minimum Gasteiger partial charge on any atom is -0.481 e. The molecule has 0 aromatic rings. The third-order valence-electron chi connectivity index (χ3n) is 2.08. The number of carboxylic acid groups (broad SMARTS) is 1. The molecular formula is C8H7F7O3. The van der Waals surface area contributed by atoms with E-state index >= 15 is 0 Å². The number of Topliss-reactive ketones (excluding diaryl/α,β-unsaturated/α-hetero) is 1. The second-order valence-electron chi connectivity index (χ2n) is 3.31. The van der Waals surface area contributed by atoms with Crippen LogP contribution >= 0.6 is 0 Å². The van der Waals surface area contributed by atoms with Gasteiger partial charge in [0.15, 0.2) is 0 Å². The maximum Gasteiger partial charge on any atom is 0.460 e. The summed E-state index contributed by atoms with van der Waals surface area (Å²) in [4.78, 5) is 21.1. The number of hydrogen-bond acceptors (Lipinski definition) is 2. The normalized spacial score (nSPS) is 15.3. The SMILES string of the molecule is CCC(C(=O)O)C(=O)C(F)(F)C(F)(F)C(F)(F)F. The zero-order valence-corrected chi connectivity index (χ0v) is 8.69. The van der Waals surface area contributed by atoms with Crippen LogP contribution in [0.3, 0.4) is 0 Å². The first-order valence-corrected chi connectivity index (χ1v) is 4.40. The lowest BCUT2D eigenvalue weighted by Gasteiger charge is -2.28. The Morgan fingerprint density at radius 3 is 1.67 bits per heavy atom. The van der Waals surface area contributed by atoms with Crippen LogP contribution in [0.15, 0.2) is 0 Å². The molecule has 0 aromatic heterocycles. The van der Waals surface area contributed by atoms with Crippen LogP contribution in [0, 0.1) is 5.92 Å². The van der Waals surface area contributed by atoms with Crippen LogP contribution in [-0.4, -0.2) is 34.9 Å². The Morgan fingerprint density at radius 1 is 1.06 bits per heavy atom. The summed E-state index contributed by atoms with van der Waals surface area (Å²) in [7, 11) is 0. The Hall–Kier alpha value is -1.35. The molecule has 0 rings (SSSR count). The Bertz CT molecular complexity index is 347. The molecule has 1 atom stereocenters. The Balaban J connectivity index is 5.52. The standard InChI is InChI=1S/C8H7F7O3/c1-2-3(5(17)18)4(16)6(9,10)7(11,12)8(13,14)15/h3H,2H2,1H3,(H,17,18). The van der Waals surface area contributed by atoms with Gasteiger partial charge in [-0.2, -0.15) is 30.7 Å². The molecule has 1 N–H and O–H groups in total. The van der Waals surface area contributed by atoms with Gasteiger partial charge >= 0.3 is 24.0 Å². The molecule has 0 amide bonds. The number of halogens is 7. The summed E-state index contributed by atoms with van der Waals surface area (Å²) in [5, 5.41) is 8.30. The van der Waals surface area contributed by atoms with Crippen LogP contribution in [-0.2, 0) is 9.59 Å². The summed E-state index contributed by atoms with van der Waals surface area (Å²) < 4.78 is 85.7. The molecule has 3 nitrogen and oxygen atoms in total. The lowest BCUT2D eigenvalue weighted by molar-refractivity contribution is -0.344. The number of alkyl halides is 7. The third kappa shape index (κ3) is 2.56. The van der Waals surface area contributed by atoms with E-state index in [9.17, 15) is 40.3 Å². The lowest BCUT2D eigenvalue weighted by atomic mass is 9.93. The quantitative estimate of drug-likeness (QED) is 0.623. The molecular weight excluding hydrogens is 277 g/mol. The molecule has 0 radical (unpaired) electrons. The number of rotatable bonds is 5. The summed E-state index contributed by atoms with van der Waals surface area (Å²) in [5.74, 6) is -20.6. The van der Waals surface area contributed by atoms with E-state index < -0.39 is 42.1 Å². The number of ketones is 1. The van der Waals surface area contributed by atoms with E-state index in [0.717, 1.165) is 6.92 Å². The minimum absolute atomic E-state index is 0.836. The zero-order chi connectivity index (χ0) is 14.9. The van der Waals surface area contributed by atoms with Crippen molar-refractivity contribution in [1.29, 1.82) is 0 Å². The van der Waals surface area contributed by atoms with E-state index in [1.54, 1.807) is 0 Å². The van der Waals surface area contributed by atoms with Gasteiger partial charge in [0.1, 0.15) is 5.92 Å². The van der Waals surface area contributed by atoms with Gasteiger partial charge in [0, 0.05) is 0 Å². The van der Waals surface area contributed by atoms with E-state index in [0.29, 0.717) is 0 Å². The van der Waals surface area contributed by atoms with Crippen molar-refractivity contribution in [2.75, 3.05) is 0 Å². The number of carbonyl (C=O) groups is 2. The average molecular weight is 284 g/mol. The summed E-state index contributed by atoms with van der Waals surface area (Å²) >= 11 is 0. The Labute approximate surface area is 95.6 Å². The van der Waals surface area contributed by atoms with Crippen molar-refractivity contribution in [1.82, 2.24) is 0 Å². The minimum atomic E-state index is -6.66. The summed E-state index contributed by atoms with van der Waals surface area (Å²) in [6.07, 6.45) is -7.50. The van der Waals surface area contributed by atoms with Gasteiger partial charge in [-0.25, -0.2) is 0 Å². The van der Waals surface area contributed by atoms with Gasteiger partial charge in [-0.3, -0.25) is 9.59 Å². The fraction of sp³-hybridized carbons (Fsp3) is 0.750. The maximum absolute atomic E-state index is 12.8. The van der Waals surface area contributed by atoms with Crippen LogP contribution in [0.25, 0.3) is 0 Å². The fourth-order valence-electron chi connectivity index (χ4n) is 1.02. The topological polar surface area (TPSA) is 54.4 Å². The van der Waals surface area contributed by atoms with Gasteiger partial charge in [-0.05, 0) is 6.42 Å². The van der Waals surface area contributed by atoms with E-state index in [4.69, 9.17) is 5.11 Å². The second-order valence-corrected chi connectivity index (χ2v) is 3.31. The van der Waals surface area contributed by atoms with E-state index in [1.165, 1.54) is 0 Å². The van der Waals surface area contributed by atoms with Gasteiger partial charge in [-0.15, -0.1) is 0 Å². The van der Waals surface area contributed by atoms with E-state index in [1.807, 2.05) is 0 Å². The van der Waals surface area contributed by atoms with Gasteiger partial charge in [0.2, 0.25) is 5.78 Å². The van der Waals surface area contributed by atoms with Gasteiger partial charge in [0.25, 0.3) is 0 Å². The molecule has 0 aliphatic heterocycles. The second kappa shape index (κ2) is 4.73. The van der Waals surface area contributed by atoms with Gasteiger partial charge in [-0.1, -0.05) is 6.92 Å². The van der Waals surface area contributed by atoms with Crippen molar-refractivity contribution in [3.8, 4) is 0 Å². The van der Waals surface area contributed by atoms with E-state index in [-0.39, 0.29) is 0 Å². The maximum atomic E-state index is 12.8. The molecule has 18 heavy (non-hydrogen) atoms. The number of carbonyl (C=O) groups excluding carboxylic acids is 1. The van der Waals surface area contributed by atoms with Crippen LogP contribution < -0.4 is 0 Å². The number of aliphatic carboxylic acids is 1. The molecule has 0 bridgehead atoms. The highest BCUT2D eigenvalue weighted by Gasteiger charge is 2.76. The fourth-order valence-corrected chi connectivity index (χ4v) is 1.02. The van der Waals surface area contributed by atoms with Crippen molar-refractivity contribution in [3.05, 3.63) is 0 Å². The first-order valence-electron chi connectivity index (χ1n) is 4.40. The highest BCUT2D eigenvalue weighted by molar-refractivity contribution is 6.02. The summed E-state index contributed by atoms with van der Waals surface area (Å²) in [6, 6.07) is 0. The average Bonchev–Trinajstić information content (AvgIpc) is 2.15. The Morgan fingerprint density at radius 2 is 1.44 bits per heavy atom. The zero-order valence-electron chi connectivity index (χ0n) is 8.69. The number of hydrogen-bond donors (Lipinski definition) is 1. The van der Waals surface area contributed by atoms with E-state index in [2.05, 4.69) is 0 Å². The van der Waals surface area contributed by atoms with Gasteiger partial charge in [0.05, 0.1) is 0 Å². The molecule has 0 aliphatic carbocycles. The van der Waals surface area contributed by atoms with Gasteiger partial charge < -0.3 is 5.11 Å². The van der Waals surface area contributed by atoms with Crippen LogP contribution in [0.4, 0.5) is 30.7 Å². The molecule has 0 fully saturated rings. The highest BCUT2D eigenvalue weighted by atomic mass is 19.4. The Kier molecular flexibility index (Phi) is 4.37. The number of carboxylic acids is 1. The first kappa shape index (κ1) is 16.6. The highest BCUT2D eigenvalue weighted by Crippen LogP contribution is 2.47. The van der Waals surface area contributed by atoms with Crippen LogP contribution in [0.5, 0.6) is 0 Å².